The van der Waals surface area contributed by atoms with Gasteiger partial charge in [0.2, 0.25) is 0 Å². The Bertz CT molecular complexity index is 5710. The fraction of sp³-hybridized carbons (Fsp3) is 0.0714. The van der Waals surface area contributed by atoms with E-state index in [9.17, 15) is 0 Å². The SMILES string of the molecule is C=C/C=c1/oc2c(-c3ccc4c(c3)C3(c5ccccc5-4)c4ccccc4-c4c3cc3c5cccc6c7c(cc(c8cccc4c38)c65)C3(c4ccccc4-c4ccccc43)C(C)C7/C=C\C(=C)c3cccc4c3oc3ccccc34)cccc2/c1=C/C. The Morgan fingerprint density at radius 1 is 0.453 bits per heavy atom. The van der Waals surface area contributed by atoms with Crippen LogP contribution in [0.3, 0.4) is 0 Å². The predicted molar refractivity (Wildman–Crippen MR) is 359 cm³/mol. The second-order valence-electron chi connectivity index (χ2n) is 24.4. The summed E-state index contributed by atoms with van der Waals surface area (Å²) in [6, 6.07) is 85.1. The van der Waals surface area contributed by atoms with Gasteiger partial charge in [0, 0.05) is 38.4 Å². The van der Waals surface area contributed by atoms with Crippen molar-refractivity contribution in [1.29, 1.82) is 0 Å². The zero-order valence-corrected chi connectivity index (χ0v) is 47.6. The van der Waals surface area contributed by atoms with E-state index in [4.69, 9.17) is 15.4 Å². The van der Waals surface area contributed by atoms with Crippen molar-refractivity contribution in [2.24, 2.45) is 5.92 Å². The molecule has 3 atom stereocenters. The summed E-state index contributed by atoms with van der Waals surface area (Å²) < 4.78 is 13.4. The zero-order chi connectivity index (χ0) is 56.9. The molecule has 0 fully saturated rings. The van der Waals surface area contributed by atoms with Crippen LogP contribution in [0.5, 0.6) is 0 Å². The summed E-state index contributed by atoms with van der Waals surface area (Å²) in [4.78, 5) is 0. The Kier molecular flexibility index (Phi) is 9.50. The number of furan rings is 2. The van der Waals surface area contributed by atoms with Crippen LogP contribution in [0.25, 0.3) is 138 Å². The van der Waals surface area contributed by atoms with Crippen molar-refractivity contribution in [1.82, 2.24) is 0 Å². The Balaban J connectivity index is 0.890. The van der Waals surface area contributed by atoms with Gasteiger partial charge in [-0.15, -0.1) is 0 Å². The van der Waals surface area contributed by atoms with Crippen LogP contribution in [-0.2, 0) is 10.8 Å². The average molecular weight is 1100 g/mol. The van der Waals surface area contributed by atoms with Gasteiger partial charge in [0.1, 0.15) is 22.2 Å². The molecule has 0 aliphatic heterocycles. The molecule has 2 heterocycles. The van der Waals surface area contributed by atoms with Crippen LogP contribution in [0.4, 0.5) is 0 Å². The van der Waals surface area contributed by atoms with Gasteiger partial charge in [-0.05, 0) is 175 Å². The number of hydrogen-bond donors (Lipinski definition) is 0. The van der Waals surface area contributed by atoms with E-state index < -0.39 is 10.8 Å². The van der Waals surface area contributed by atoms with Crippen LogP contribution in [0.2, 0.25) is 0 Å². The monoisotopic (exact) mass is 1090 g/mol. The lowest BCUT2D eigenvalue weighted by atomic mass is 9.66. The van der Waals surface area contributed by atoms with Gasteiger partial charge in [-0.3, -0.25) is 0 Å². The molecule has 0 amide bonds. The third-order valence-corrected chi connectivity index (χ3v) is 20.9. The summed E-state index contributed by atoms with van der Waals surface area (Å²) in [6.07, 6.45) is 10.7. The van der Waals surface area contributed by atoms with Gasteiger partial charge in [0.15, 0.2) is 0 Å². The molecule has 0 N–H and O–H groups in total. The molecule has 0 saturated carbocycles. The molecule has 15 aromatic rings. The molecule has 402 valence electrons. The summed E-state index contributed by atoms with van der Waals surface area (Å²) in [7, 11) is 0. The summed E-state index contributed by atoms with van der Waals surface area (Å²) in [5.74, 6) is 0.169. The van der Waals surface area contributed by atoms with Gasteiger partial charge in [-0.25, -0.2) is 0 Å². The molecule has 0 bridgehead atoms. The molecule has 0 saturated heterocycles. The number of fused-ring (bicyclic) bond motifs is 25. The van der Waals surface area contributed by atoms with Crippen molar-refractivity contribution in [3.63, 3.8) is 0 Å². The molecule has 86 heavy (non-hydrogen) atoms. The van der Waals surface area contributed by atoms with E-state index in [1.54, 1.807) is 0 Å². The maximum absolute atomic E-state index is 6.77. The smallest absolute Gasteiger partial charge is 0.143 e. The molecule has 13 aromatic carbocycles. The van der Waals surface area contributed by atoms with Crippen LogP contribution in [0.1, 0.15) is 69.8 Å². The molecule has 3 unspecified atom stereocenters. The van der Waals surface area contributed by atoms with E-state index in [0.717, 1.165) is 65.8 Å². The van der Waals surface area contributed by atoms with E-state index in [2.05, 4.69) is 257 Å². The topological polar surface area (TPSA) is 26.3 Å². The molecule has 2 aromatic heterocycles. The first kappa shape index (κ1) is 47.9. The number of allylic oxidation sites excluding steroid dienone is 4. The first-order valence-electron chi connectivity index (χ1n) is 30.3. The normalized spacial score (nSPS) is 18.0. The van der Waals surface area contributed by atoms with Crippen LogP contribution < -0.4 is 10.6 Å². The van der Waals surface area contributed by atoms with Crippen LogP contribution in [-0.4, -0.2) is 0 Å². The third-order valence-electron chi connectivity index (χ3n) is 20.9. The highest BCUT2D eigenvalue weighted by Crippen LogP contribution is 2.68. The third kappa shape index (κ3) is 5.73. The standard InChI is InChI=1S/C84H54O2/c1-5-21-75-50(6-2)61-31-18-28-53(82(61)85-75)49-41-43-57-56-24-9-14-37-70(56)84(72(57)44-49)71-38-15-10-26-63(71)80-65-34-20-30-59-66-45-73-79(64-33-19-29-60(77(64)66)67(78(59)65)46-74(80)84)52(48(4)83(73)68-35-12-7-22-54(68)55-23-8-13-36-69(55)83)42-40-47(3)51-27-17-32-62-58-25-11-16-39-76(58)86-81(51)62/h5-46,48,52H,1,3H2,2,4H3/b42-40-,50-6-,75-21+. The summed E-state index contributed by atoms with van der Waals surface area (Å²) >= 11 is 0. The molecule has 2 spiro atoms. The van der Waals surface area contributed by atoms with Crippen molar-refractivity contribution in [3.05, 3.63) is 317 Å². The Labute approximate surface area is 497 Å². The second kappa shape index (κ2) is 17.1. The summed E-state index contributed by atoms with van der Waals surface area (Å²) in [5, 5.41) is 14.8. The predicted octanol–water partition coefficient (Wildman–Crippen LogP) is 20.5. The van der Waals surface area contributed by atoms with E-state index in [-0.39, 0.29) is 11.8 Å². The Morgan fingerprint density at radius 3 is 1.76 bits per heavy atom. The molecule has 0 radical (unpaired) electrons. The molecule has 4 aliphatic carbocycles. The largest absolute Gasteiger partial charge is 0.455 e. The fourth-order valence-electron chi connectivity index (χ4n) is 17.6. The van der Waals surface area contributed by atoms with Gasteiger partial charge in [0.25, 0.3) is 0 Å². The highest BCUT2D eigenvalue weighted by Gasteiger charge is 2.57. The van der Waals surface area contributed by atoms with E-state index in [0.29, 0.717) is 0 Å². The van der Waals surface area contributed by atoms with E-state index in [1.165, 1.54) is 121 Å². The first-order chi connectivity index (χ1) is 42.4. The second-order valence-corrected chi connectivity index (χ2v) is 24.4. The quantitative estimate of drug-likeness (QED) is 0.0975. The van der Waals surface area contributed by atoms with Gasteiger partial charge in [-0.1, -0.05) is 245 Å². The molecule has 4 aliphatic rings. The summed E-state index contributed by atoms with van der Waals surface area (Å²) in [6.45, 7) is 13.4. The van der Waals surface area contributed by atoms with E-state index >= 15 is 0 Å². The van der Waals surface area contributed by atoms with Gasteiger partial charge >= 0.3 is 0 Å². The average Bonchev–Trinajstić information content (AvgIpc) is 1.48. The minimum Gasteiger partial charge on any atom is -0.455 e. The highest BCUT2D eigenvalue weighted by atomic mass is 16.3. The number of hydrogen-bond acceptors (Lipinski definition) is 2. The molecule has 2 nitrogen and oxygen atoms in total. The number of rotatable bonds is 5. The fourth-order valence-corrected chi connectivity index (χ4v) is 17.6. The van der Waals surface area contributed by atoms with Crippen LogP contribution in [0.15, 0.2) is 265 Å². The lowest BCUT2D eigenvalue weighted by molar-refractivity contribution is 0.421. The van der Waals surface area contributed by atoms with Gasteiger partial charge in [-0.2, -0.15) is 0 Å². The van der Waals surface area contributed by atoms with Crippen LogP contribution in [0, 0.1) is 5.92 Å². The van der Waals surface area contributed by atoms with Crippen molar-refractivity contribution >= 4 is 93.7 Å². The van der Waals surface area contributed by atoms with Crippen molar-refractivity contribution < 1.29 is 8.83 Å². The Morgan fingerprint density at radius 2 is 1.01 bits per heavy atom. The van der Waals surface area contributed by atoms with Crippen molar-refractivity contribution in [3.8, 4) is 44.5 Å². The maximum Gasteiger partial charge on any atom is 0.143 e. The zero-order valence-electron chi connectivity index (χ0n) is 47.6. The lowest BCUT2D eigenvalue weighted by Gasteiger charge is -2.35. The van der Waals surface area contributed by atoms with Crippen molar-refractivity contribution in [2.75, 3.05) is 0 Å². The minimum atomic E-state index is -0.613. The highest BCUT2D eigenvalue weighted by molar-refractivity contribution is 6.35. The van der Waals surface area contributed by atoms with Crippen LogP contribution >= 0.6 is 0 Å². The molecular weight excluding hydrogens is 1040 g/mol. The molecule has 2 heteroatoms. The summed E-state index contributed by atoms with van der Waals surface area (Å²) in [5.41, 5.74) is 25.2. The van der Waals surface area contributed by atoms with Crippen molar-refractivity contribution in [2.45, 2.75) is 30.6 Å². The maximum atomic E-state index is 6.77. The van der Waals surface area contributed by atoms with Gasteiger partial charge in [0.05, 0.1) is 10.8 Å². The molecule has 19 rings (SSSR count). The number of benzene rings is 13. The molecular formula is C84H54O2. The Hall–Kier alpha value is -10.5. The van der Waals surface area contributed by atoms with E-state index in [1.807, 2.05) is 18.2 Å². The first-order valence-corrected chi connectivity index (χ1v) is 30.3. The lowest BCUT2D eigenvalue weighted by Crippen LogP contribution is -2.31. The minimum absolute atomic E-state index is 0.0289. The van der Waals surface area contributed by atoms with Gasteiger partial charge < -0.3 is 8.83 Å². The number of para-hydroxylation sites is 3.